The van der Waals surface area contributed by atoms with Crippen molar-refractivity contribution in [2.24, 2.45) is 5.73 Å². The number of nitrogens with one attached hydrogen (secondary N) is 2. The molecule has 162 valence electrons. The van der Waals surface area contributed by atoms with Gasteiger partial charge in [-0.1, -0.05) is 6.07 Å². The molecule has 1 unspecified atom stereocenters. The lowest BCUT2D eigenvalue weighted by Gasteiger charge is -2.30. The van der Waals surface area contributed by atoms with Crippen LogP contribution in [-0.2, 0) is 0 Å². The van der Waals surface area contributed by atoms with Crippen LogP contribution in [0.15, 0.2) is 42.6 Å². The first-order valence-corrected chi connectivity index (χ1v) is 10.9. The van der Waals surface area contributed by atoms with Crippen molar-refractivity contribution in [3.05, 3.63) is 64.3 Å². The van der Waals surface area contributed by atoms with Gasteiger partial charge in [0.2, 0.25) is 0 Å². The van der Waals surface area contributed by atoms with Crippen LogP contribution in [0.1, 0.15) is 28.1 Å². The number of benzene rings is 1. The number of thiophene rings is 1. The van der Waals surface area contributed by atoms with Crippen LogP contribution in [0.4, 0.5) is 4.39 Å². The highest BCUT2D eigenvalue weighted by molar-refractivity contribution is 7.18. The van der Waals surface area contributed by atoms with Gasteiger partial charge in [0.05, 0.1) is 16.8 Å². The Balaban J connectivity index is 1.83. The Kier molecular flexibility index (Phi) is 5.99. The molecule has 1 amide bonds. The minimum Gasteiger partial charge on any atom is -0.336 e. The Morgan fingerprint density at radius 2 is 2.09 bits per heavy atom. The SMILES string of the molecule is N#Cc1ccc(-c2cc(C(=O)N3CCCC(N)C3)sc2-c2ccn(C=N)c(=N)c2)cc1F. The van der Waals surface area contributed by atoms with E-state index in [9.17, 15) is 9.18 Å². The lowest BCUT2D eigenvalue weighted by molar-refractivity contribution is 0.0714. The van der Waals surface area contributed by atoms with Crippen LogP contribution in [-0.4, -0.2) is 40.8 Å². The highest BCUT2D eigenvalue weighted by atomic mass is 32.1. The summed E-state index contributed by atoms with van der Waals surface area (Å²) in [4.78, 5) is 16.2. The Morgan fingerprint density at radius 3 is 2.75 bits per heavy atom. The maximum atomic E-state index is 14.4. The number of amides is 1. The number of likely N-dealkylation sites (tertiary alicyclic amines) is 1. The van der Waals surface area contributed by atoms with Gasteiger partial charge in [-0.3, -0.25) is 20.2 Å². The Hall–Kier alpha value is -3.61. The summed E-state index contributed by atoms with van der Waals surface area (Å²) in [5, 5.41) is 24.6. The fraction of sp³-hybridized carbons (Fsp3) is 0.217. The molecule has 0 radical (unpaired) electrons. The average molecular weight is 449 g/mol. The van der Waals surface area contributed by atoms with Crippen molar-refractivity contribution in [3.63, 3.8) is 0 Å². The molecule has 0 bridgehead atoms. The number of aromatic nitrogens is 1. The van der Waals surface area contributed by atoms with Gasteiger partial charge >= 0.3 is 0 Å². The third-order valence-corrected chi connectivity index (χ3v) is 6.65. The Labute approximate surface area is 188 Å². The van der Waals surface area contributed by atoms with E-state index in [1.54, 1.807) is 35.4 Å². The highest BCUT2D eigenvalue weighted by Crippen LogP contribution is 2.40. The zero-order valence-electron chi connectivity index (χ0n) is 17.1. The van der Waals surface area contributed by atoms with Gasteiger partial charge in [0.1, 0.15) is 17.4 Å². The van der Waals surface area contributed by atoms with Crippen molar-refractivity contribution >= 4 is 23.6 Å². The highest BCUT2D eigenvalue weighted by Gasteiger charge is 2.25. The van der Waals surface area contributed by atoms with Crippen LogP contribution in [0.5, 0.6) is 0 Å². The molecule has 2 aromatic heterocycles. The molecule has 1 aromatic carbocycles. The number of pyridine rings is 1. The first-order valence-electron chi connectivity index (χ1n) is 10.1. The zero-order valence-corrected chi connectivity index (χ0v) is 18.0. The normalized spacial score (nSPS) is 15.9. The van der Waals surface area contributed by atoms with Gasteiger partial charge in [0.25, 0.3) is 5.91 Å². The lowest BCUT2D eigenvalue weighted by Crippen LogP contribution is -2.45. The molecule has 4 rings (SSSR count). The largest absolute Gasteiger partial charge is 0.336 e. The van der Waals surface area contributed by atoms with Gasteiger partial charge < -0.3 is 10.6 Å². The predicted molar refractivity (Wildman–Crippen MR) is 121 cm³/mol. The number of nitriles is 1. The van der Waals surface area contributed by atoms with E-state index in [-0.39, 0.29) is 23.0 Å². The minimum absolute atomic E-state index is 0.0456. The summed E-state index contributed by atoms with van der Waals surface area (Å²) in [6.45, 7) is 1.14. The molecule has 1 saturated heterocycles. The van der Waals surface area contributed by atoms with E-state index in [2.05, 4.69) is 0 Å². The van der Waals surface area contributed by atoms with Crippen molar-refractivity contribution in [2.75, 3.05) is 13.1 Å². The molecule has 0 spiro atoms. The second-order valence-corrected chi connectivity index (χ2v) is 8.70. The fourth-order valence-corrected chi connectivity index (χ4v) is 4.96. The third-order valence-electron chi connectivity index (χ3n) is 5.47. The first kappa shape index (κ1) is 21.6. The third kappa shape index (κ3) is 4.10. The number of piperidine rings is 1. The van der Waals surface area contributed by atoms with Gasteiger partial charge in [-0.2, -0.15) is 5.26 Å². The number of hydrogen-bond acceptors (Lipinski definition) is 6. The van der Waals surface area contributed by atoms with Gasteiger partial charge in [-0.05, 0) is 54.3 Å². The monoisotopic (exact) mass is 448 g/mol. The van der Waals surface area contributed by atoms with Crippen molar-refractivity contribution in [1.82, 2.24) is 9.47 Å². The summed E-state index contributed by atoms with van der Waals surface area (Å²) >= 11 is 1.28. The maximum Gasteiger partial charge on any atom is 0.264 e. The standard InChI is InChI=1S/C23H21FN6OS/c24-19-8-14(3-4-16(19)11-25)18-10-20(23(31)29-6-1-2-17(27)12-29)32-22(18)15-5-7-30(13-26)21(28)9-15/h3-5,7-10,13,17,26,28H,1-2,6,12,27H2. The smallest absolute Gasteiger partial charge is 0.264 e. The molecule has 0 saturated carbocycles. The number of carbonyl (C=O) groups is 1. The Bertz CT molecular complexity index is 1300. The number of nitrogens with zero attached hydrogens (tertiary/aromatic N) is 3. The molecule has 1 aliphatic heterocycles. The lowest BCUT2D eigenvalue weighted by atomic mass is 10.0. The topological polar surface area (TPSA) is 123 Å². The van der Waals surface area contributed by atoms with E-state index >= 15 is 0 Å². The van der Waals surface area contributed by atoms with Crippen molar-refractivity contribution in [2.45, 2.75) is 18.9 Å². The van der Waals surface area contributed by atoms with Crippen molar-refractivity contribution < 1.29 is 9.18 Å². The van der Waals surface area contributed by atoms with E-state index < -0.39 is 5.82 Å². The van der Waals surface area contributed by atoms with Crippen LogP contribution in [0.2, 0.25) is 0 Å². The minimum atomic E-state index is -0.632. The molecule has 0 aliphatic carbocycles. The van der Waals surface area contributed by atoms with Crippen LogP contribution in [0, 0.1) is 28.0 Å². The molecular weight excluding hydrogens is 427 g/mol. The number of rotatable bonds is 4. The number of halogens is 1. The molecule has 1 fully saturated rings. The second-order valence-electron chi connectivity index (χ2n) is 7.65. The summed E-state index contributed by atoms with van der Waals surface area (Å²) in [5.74, 6) is -0.753. The summed E-state index contributed by atoms with van der Waals surface area (Å²) in [5.41, 5.74) is 7.98. The van der Waals surface area contributed by atoms with E-state index in [0.717, 1.165) is 19.2 Å². The summed E-state index contributed by atoms with van der Waals surface area (Å²) in [7, 11) is 0. The second kappa shape index (κ2) is 8.86. The molecular formula is C23H21FN6OS. The zero-order chi connectivity index (χ0) is 22.8. The van der Waals surface area contributed by atoms with Gasteiger partial charge in [-0.15, -0.1) is 11.3 Å². The molecule has 3 aromatic rings. The number of carbonyl (C=O) groups excluding carboxylic acids is 1. The summed E-state index contributed by atoms with van der Waals surface area (Å²) < 4.78 is 15.7. The number of nitrogens with two attached hydrogens (primary N) is 1. The van der Waals surface area contributed by atoms with Crippen LogP contribution in [0.3, 0.4) is 0 Å². The van der Waals surface area contributed by atoms with Crippen LogP contribution in [0.25, 0.3) is 21.6 Å². The molecule has 3 heterocycles. The maximum absolute atomic E-state index is 14.4. The predicted octanol–water partition coefficient (Wildman–Crippen LogP) is 3.39. The molecule has 4 N–H and O–H groups in total. The van der Waals surface area contributed by atoms with Gasteiger partial charge in [0, 0.05) is 35.8 Å². The first-order chi connectivity index (χ1) is 15.4. The average Bonchev–Trinajstić information content (AvgIpc) is 3.24. The van der Waals surface area contributed by atoms with E-state index in [1.807, 2.05) is 6.07 Å². The van der Waals surface area contributed by atoms with Crippen molar-refractivity contribution in [3.8, 4) is 27.6 Å². The van der Waals surface area contributed by atoms with E-state index in [0.29, 0.717) is 39.5 Å². The summed E-state index contributed by atoms with van der Waals surface area (Å²) in [6, 6.07) is 11.2. The molecule has 7 nitrogen and oxygen atoms in total. The molecule has 1 atom stereocenters. The van der Waals surface area contributed by atoms with Gasteiger partial charge in [-0.25, -0.2) is 4.39 Å². The molecule has 1 aliphatic rings. The Morgan fingerprint density at radius 1 is 1.28 bits per heavy atom. The molecule has 9 heteroatoms. The quantitative estimate of drug-likeness (QED) is 0.419. The molecule has 32 heavy (non-hydrogen) atoms. The van der Waals surface area contributed by atoms with E-state index in [1.165, 1.54) is 28.0 Å². The van der Waals surface area contributed by atoms with Gasteiger partial charge in [0.15, 0.2) is 0 Å². The van der Waals surface area contributed by atoms with Crippen molar-refractivity contribution in [1.29, 1.82) is 16.1 Å². The summed E-state index contributed by atoms with van der Waals surface area (Å²) in [6.07, 6.45) is 4.37. The van der Waals surface area contributed by atoms with E-state index in [4.69, 9.17) is 21.8 Å². The van der Waals surface area contributed by atoms with Crippen LogP contribution < -0.4 is 11.2 Å². The fourth-order valence-electron chi connectivity index (χ4n) is 3.81. The number of hydrogen-bond donors (Lipinski definition) is 3. The van der Waals surface area contributed by atoms with Crippen LogP contribution >= 0.6 is 11.3 Å².